The second-order valence-electron chi connectivity index (χ2n) is 2.69. The molecule has 0 aromatic carbocycles. The van der Waals surface area contributed by atoms with Gasteiger partial charge in [0.2, 0.25) is 0 Å². The summed E-state index contributed by atoms with van der Waals surface area (Å²) in [5.41, 5.74) is -0.269. The summed E-state index contributed by atoms with van der Waals surface area (Å²) in [5, 5.41) is 0. The van der Waals surface area contributed by atoms with Crippen molar-refractivity contribution in [3.05, 3.63) is 0 Å². The lowest BCUT2D eigenvalue weighted by molar-refractivity contribution is -0.127. The van der Waals surface area contributed by atoms with E-state index in [1.165, 1.54) is 0 Å². The highest BCUT2D eigenvalue weighted by Crippen LogP contribution is 2.43. The van der Waals surface area contributed by atoms with Crippen LogP contribution in [0.2, 0.25) is 0 Å². The molecule has 0 unspecified atom stereocenters. The van der Waals surface area contributed by atoms with E-state index in [2.05, 4.69) is 4.99 Å². The second kappa shape index (κ2) is 1.17. The quantitative estimate of drug-likeness (QED) is 0.448. The highest BCUT2D eigenvalue weighted by Gasteiger charge is 2.53. The van der Waals surface area contributed by atoms with E-state index in [4.69, 9.17) is 0 Å². The third-order valence-electron chi connectivity index (χ3n) is 1.92. The molecule has 3 nitrogen and oxygen atoms in total. The van der Waals surface area contributed by atoms with Crippen molar-refractivity contribution in [3.63, 3.8) is 0 Å². The minimum absolute atomic E-state index is 0.169. The van der Waals surface area contributed by atoms with Crippen molar-refractivity contribution >= 4 is 12.2 Å². The first-order valence-corrected chi connectivity index (χ1v) is 3.07. The number of nitrogens with zero attached hydrogens (tertiary/aromatic N) is 2. The summed E-state index contributed by atoms with van der Waals surface area (Å²) in [7, 11) is 1.75. The van der Waals surface area contributed by atoms with Gasteiger partial charge in [0, 0.05) is 7.05 Å². The monoisotopic (exact) mass is 124 g/mol. The predicted octanol–water partition coefficient (Wildman–Crippen LogP) is 0.0193. The Morgan fingerprint density at radius 3 is 2.67 bits per heavy atom. The normalized spacial score (nSPS) is 28.1. The number of rotatable bonds is 0. The van der Waals surface area contributed by atoms with Crippen LogP contribution in [0.15, 0.2) is 4.99 Å². The molecule has 1 amide bonds. The van der Waals surface area contributed by atoms with Crippen LogP contribution in [-0.4, -0.2) is 29.7 Å². The van der Waals surface area contributed by atoms with E-state index in [-0.39, 0.29) is 11.4 Å². The fourth-order valence-corrected chi connectivity index (χ4v) is 1.09. The van der Waals surface area contributed by atoms with Crippen molar-refractivity contribution in [3.8, 4) is 0 Å². The van der Waals surface area contributed by atoms with Crippen LogP contribution in [0.3, 0.4) is 0 Å². The van der Waals surface area contributed by atoms with Gasteiger partial charge in [-0.3, -0.25) is 9.79 Å². The van der Waals surface area contributed by atoms with Crippen LogP contribution in [0.5, 0.6) is 0 Å². The van der Waals surface area contributed by atoms with E-state index in [1.54, 1.807) is 18.3 Å². The lowest BCUT2D eigenvalue weighted by atomic mass is 10.3. The van der Waals surface area contributed by atoms with Crippen LogP contribution in [0.4, 0.5) is 0 Å². The molecule has 2 aliphatic rings. The number of hydrogen-bond donors (Lipinski definition) is 0. The molecule has 1 aliphatic heterocycles. The van der Waals surface area contributed by atoms with Gasteiger partial charge in [-0.2, -0.15) is 0 Å². The van der Waals surface area contributed by atoms with Crippen LogP contribution in [0.1, 0.15) is 12.8 Å². The number of amides is 1. The zero-order valence-electron chi connectivity index (χ0n) is 5.29. The first-order valence-electron chi connectivity index (χ1n) is 3.07. The van der Waals surface area contributed by atoms with Gasteiger partial charge in [-0.25, -0.2) is 0 Å². The molecule has 0 saturated heterocycles. The lowest BCUT2D eigenvalue weighted by Gasteiger charge is -2.04. The summed E-state index contributed by atoms with van der Waals surface area (Å²) in [6, 6.07) is 0. The zero-order chi connectivity index (χ0) is 6.48. The first kappa shape index (κ1) is 4.97. The van der Waals surface area contributed by atoms with Crippen LogP contribution >= 0.6 is 0 Å². The lowest BCUT2D eigenvalue weighted by Crippen LogP contribution is -2.28. The van der Waals surface area contributed by atoms with Crippen molar-refractivity contribution in [2.24, 2.45) is 4.99 Å². The molecule has 0 aromatic heterocycles. The maximum Gasteiger partial charge on any atom is 0.255 e. The average molecular weight is 124 g/mol. The Labute approximate surface area is 53.4 Å². The molecular formula is C6H8N2O. The summed E-state index contributed by atoms with van der Waals surface area (Å²) in [6.07, 6.45) is 3.52. The molecule has 0 bridgehead atoms. The van der Waals surface area contributed by atoms with Crippen LogP contribution in [0, 0.1) is 0 Å². The molecule has 9 heavy (non-hydrogen) atoms. The molecular weight excluding hydrogens is 116 g/mol. The molecule has 3 heteroatoms. The van der Waals surface area contributed by atoms with Crippen LogP contribution in [0.25, 0.3) is 0 Å². The SMILES string of the molecule is CN1C=NC2(CC2)C1=O. The Morgan fingerprint density at radius 2 is 2.44 bits per heavy atom. The maximum atomic E-state index is 11.1. The topological polar surface area (TPSA) is 32.7 Å². The van der Waals surface area contributed by atoms with E-state index < -0.39 is 0 Å². The fraction of sp³-hybridized carbons (Fsp3) is 0.667. The van der Waals surface area contributed by atoms with Gasteiger partial charge < -0.3 is 4.90 Å². The minimum atomic E-state index is -0.269. The van der Waals surface area contributed by atoms with Crippen molar-refractivity contribution < 1.29 is 4.79 Å². The van der Waals surface area contributed by atoms with Gasteiger partial charge in [-0.1, -0.05) is 0 Å². The van der Waals surface area contributed by atoms with Crippen molar-refractivity contribution in [2.75, 3.05) is 7.05 Å². The first-order chi connectivity index (χ1) is 4.25. The Bertz CT molecular complexity index is 193. The summed E-state index contributed by atoms with van der Waals surface area (Å²) >= 11 is 0. The van der Waals surface area contributed by atoms with Crippen molar-refractivity contribution in [2.45, 2.75) is 18.4 Å². The number of carbonyl (C=O) groups is 1. The number of hydrogen-bond acceptors (Lipinski definition) is 2. The van der Waals surface area contributed by atoms with Gasteiger partial charge in [0.15, 0.2) is 0 Å². The highest BCUT2D eigenvalue weighted by atomic mass is 16.2. The van der Waals surface area contributed by atoms with Crippen LogP contribution in [-0.2, 0) is 4.79 Å². The molecule has 1 saturated carbocycles. The molecule has 1 spiro atoms. The molecule has 0 aromatic rings. The molecule has 0 atom stereocenters. The third kappa shape index (κ3) is 0.465. The molecule has 0 radical (unpaired) electrons. The molecule has 48 valence electrons. The standard InChI is InChI=1S/C6H8N2O/c1-8-4-7-6(2-3-6)5(8)9/h4H,2-3H2,1H3. The Hall–Kier alpha value is -0.860. The smallest absolute Gasteiger partial charge is 0.255 e. The van der Waals surface area contributed by atoms with Gasteiger partial charge in [0.1, 0.15) is 5.54 Å². The maximum absolute atomic E-state index is 11.1. The summed E-state index contributed by atoms with van der Waals surface area (Å²) in [5.74, 6) is 0.169. The van der Waals surface area contributed by atoms with Crippen LogP contribution < -0.4 is 0 Å². The molecule has 1 fully saturated rings. The second-order valence-corrected chi connectivity index (χ2v) is 2.69. The number of aliphatic imine (C=N–C) groups is 1. The Balaban J connectivity index is 2.32. The van der Waals surface area contributed by atoms with Gasteiger partial charge in [0.05, 0.1) is 6.34 Å². The summed E-state index contributed by atoms with van der Waals surface area (Å²) < 4.78 is 0. The third-order valence-corrected chi connectivity index (χ3v) is 1.92. The van der Waals surface area contributed by atoms with Gasteiger partial charge >= 0.3 is 0 Å². The van der Waals surface area contributed by atoms with E-state index in [9.17, 15) is 4.79 Å². The largest absolute Gasteiger partial charge is 0.304 e. The molecule has 0 N–H and O–H groups in total. The van der Waals surface area contributed by atoms with E-state index in [0.29, 0.717) is 0 Å². The molecule has 2 rings (SSSR count). The van der Waals surface area contributed by atoms with Crippen molar-refractivity contribution in [1.82, 2.24) is 4.90 Å². The fourth-order valence-electron chi connectivity index (χ4n) is 1.09. The van der Waals surface area contributed by atoms with Gasteiger partial charge in [-0.15, -0.1) is 0 Å². The summed E-state index contributed by atoms with van der Waals surface area (Å²) in [6.45, 7) is 0. The average Bonchev–Trinajstić information content (AvgIpc) is 2.57. The molecule has 1 aliphatic carbocycles. The Kier molecular flexibility index (Phi) is 0.648. The highest BCUT2D eigenvalue weighted by molar-refractivity contribution is 6.01. The predicted molar refractivity (Wildman–Crippen MR) is 33.2 cm³/mol. The zero-order valence-corrected chi connectivity index (χ0v) is 5.29. The number of carbonyl (C=O) groups excluding carboxylic acids is 1. The van der Waals surface area contributed by atoms with E-state index >= 15 is 0 Å². The van der Waals surface area contributed by atoms with Gasteiger partial charge in [0.25, 0.3) is 5.91 Å². The summed E-state index contributed by atoms with van der Waals surface area (Å²) in [4.78, 5) is 16.7. The molecule has 1 heterocycles. The minimum Gasteiger partial charge on any atom is -0.304 e. The number of likely N-dealkylation sites (N-methyl/N-ethyl adjacent to an activating group) is 1. The van der Waals surface area contributed by atoms with Crippen molar-refractivity contribution in [1.29, 1.82) is 0 Å². The van der Waals surface area contributed by atoms with E-state index in [1.807, 2.05) is 0 Å². The Morgan fingerprint density at radius 1 is 1.78 bits per heavy atom. The van der Waals surface area contributed by atoms with Gasteiger partial charge in [-0.05, 0) is 12.8 Å². The van der Waals surface area contributed by atoms with E-state index in [0.717, 1.165) is 12.8 Å².